The standard InChI is InChI=1S/C25H29ClN2O6/c1-31-19-10-8-14-16(13-18(19)29)17(27-25(30)28-11-5-6-12-28)9-7-15-20(14)22(32-2)24(34-4)23(33-3)21(15)26/h8,10,13,17H,5-7,9,11-12H2,1-4H3,(H,27,30)/t17-/m0/s1. The van der Waals surface area contributed by atoms with Crippen LogP contribution in [0.2, 0.25) is 5.02 Å². The second kappa shape index (κ2) is 10.0. The van der Waals surface area contributed by atoms with E-state index in [-0.39, 0.29) is 17.2 Å². The molecule has 9 heteroatoms. The molecule has 1 aliphatic carbocycles. The number of methoxy groups -OCH3 is 4. The van der Waals surface area contributed by atoms with Crippen molar-refractivity contribution in [1.29, 1.82) is 0 Å². The van der Waals surface area contributed by atoms with Crippen LogP contribution in [-0.2, 0) is 6.42 Å². The third kappa shape index (κ3) is 4.11. The van der Waals surface area contributed by atoms with Crippen LogP contribution in [0.25, 0.3) is 11.1 Å². The van der Waals surface area contributed by atoms with Gasteiger partial charge in [0.1, 0.15) is 0 Å². The molecule has 1 heterocycles. The summed E-state index contributed by atoms with van der Waals surface area (Å²) in [5, 5.41) is 3.56. The van der Waals surface area contributed by atoms with Gasteiger partial charge in [-0.3, -0.25) is 4.79 Å². The number of benzene rings is 1. The average molecular weight is 489 g/mol. The Hall–Kier alpha value is -3.13. The van der Waals surface area contributed by atoms with Crippen molar-refractivity contribution in [2.75, 3.05) is 41.5 Å². The molecule has 1 aliphatic heterocycles. The van der Waals surface area contributed by atoms with Crippen molar-refractivity contribution in [3.63, 3.8) is 0 Å². The van der Waals surface area contributed by atoms with Crippen molar-refractivity contribution >= 4 is 17.6 Å². The molecule has 1 atom stereocenters. The number of carbonyl (C=O) groups excluding carboxylic acids is 1. The Morgan fingerprint density at radius 2 is 1.68 bits per heavy atom. The Bertz CT molecular complexity index is 1160. The highest BCUT2D eigenvalue weighted by Gasteiger charge is 2.33. The van der Waals surface area contributed by atoms with Crippen molar-refractivity contribution in [2.45, 2.75) is 31.7 Å². The summed E-state index contributed by atoms with van der Waals surface area (Å²) >= 11 is 6.82. The number of rotatable bonds is 5. The van der Waals surface area contributed by atoms with Gasteiger partial charge >= 0.3 is 6.03 Å². The molecule has 0 saturated carbocycles. The first-order valence-electron chi connectivity index (χ1n) is 11.2. The smallest absolute Gasteiger partial charge is 0.317 e. The summed E-state index contributed by atoms with van der Waals surface area (Å²) in [6.45, 7) is 1.45. The Kier molecular flexibility index (Phi) is 7.07. The zero-order valence-corrected chi connectivity index (χ0v) is 20.6. The average Bonchev–Trinajstić information content (AvgIpc) is 3.27. The van der Waals surface area contributed by atoms with Crippen LogP contribution in [0, 0.1) is 0 Å². The first-order valence-corrected chi connectivity index (χ1v) is 11.6. The maximum atomic E-state index is 13.0. The maximum absolute atomic E-state index is 13.0. The molecular weight excluding hydrogens is 460 g/mol. The summed E-state index contributed by atoms with van der Waals surface area (Å²) < 4.78 is 22.3. The number of carbonyl (C=O) groups is 1. The summed E-state index contributed by atoms with van der Waals surface area (Å²) in [4.78, 5) is 27.7. The first kappa shape index (κ1) is 24.0. The molecule has 1 fully saturated rings. The van der Waals surface area contributed by atoms with Gasteiger partial charge in [0.05, 0.1) is 39.5 Å². The van der Waals surface area contributed by atoms with Gasteiger partial charge in [-0.15, -0.1) is 0 Å². The Morgan fingerprint density at radius 3 is 2.29 bits per heavy atom. The molecule has 1 saturated heterocycles. The molecule has 34 heavy (non-hydrogen) atoms. The van der Waals surface area contributed by atoms with E-state index in [2.05, 4.69) is 5.32 Å². The van der Waals surface area contributed by atoms with Gasteiger partial charge < -0.3 is 29.2 Å². The van der Waals surface area contributed by atoms with Crippen LogP contribution < -0.4 is 29.7 Å². The molecule has 2 aromatic rings. The second-order valence-corrected chi connectivity index (χ2v) is 8.66. The quantitative estimate of drug-likeness (QED) is 0.679. The van der Waals surface area contributed by atoms with Gasteiger partial charge in [-0.1, -0.05) is 17.7 Å². The van der Waals surface area contributed by atoms with Gasteiger partial charge in [-0.25, -0.2) is 4.79 Å². The lowest BCUT2D eigenvalue weighted by molar-refractivity contribution is 0.204. The van der Waals surface area contributed by atoms with Gasteiger partial charge in [0.15, 0.2) is 17.2 Å². The lowest BCUT2D eigenvalue weighted by Gasteiger charge is -2.23. The molecule has 2 aliphatic rings. The predicted molar refractivity (Wildman–Crippen MR) is 130 cm³/mol. The number of hydrogen-bond donors (Lipinski definition) is 1. The highest BCUT2D eigenvalue weighted by molar-refractivity contribution is 6.34. The molecule has 0 radical (unpaired) electrons. The number of fused-ring (bicyclic) bond motifs is 3. The van der Waals surface area contributed by atoms with Crippen molar-refractivity contribution < 1.29 is 23.7 Å². The fraction of sp³-hybridized carbons (Fsp3) is 0.440. The van der Waals surface area contributed by atoms with E-state index in [4.69, 9.17) is 30.5 Å². The monoisotopic (exact) mass is 488 g/mol. The van der Waals surface area contributed by atoms with E-state index in [0.29, 0.717) is 51.8 Å². The second-order valence-electron chi connectivity index (χ2n) is 8.28. The molecule has 1 N–H and O–H groups in total. The third-order valence-electron chi connectivity index (χ3n) is 6.50. The number of halogens is 1. The predicted octanol–water partition coefficient (Wildman–Crippen LogP) is 4.19. The van der Waals surface area contributed by atoms with Crippen LogP contribution in [-0.4, -0.2) is 52.5 Å². The lowest BCUT2D eigenvalue weighted by atomic mass is 9.95. The Balaban J connectivity index is 1.97. The first-order chi connectivity index (χ1) is 16.4. The lowest BCUT2D eigenvalue weighted by Crippen LogP contribution is -2.40. The highest BCUT2D eigenvalue weighted by Crippen LogP contribution is 2.54. The number of hydrogen-bond acceptors (Lipinski definition) is 6. The largest absolute Gasteiger partial charge is 0.493 e. The van der Waals surface area contributed by atoms with Gasteiger partial charge in [-0.2, -0.15) is 0 Å². The SMILES string of the molecule is COc1c(Cl)c2c(c(OC)c1OC)-c1ccc(OC)c(=O)cc1[C@@H](NC(=O)N1CCCC1)CC2. The summed E-state index contributed by atoms with van der Waals surface area (Å²) in [6, 6.07) is 4.40. The normalized spacial score (nSPS) is 16.7. The van der Waals surface area contributed by atoms with Crippen LogP contribution in [0.5, 0.6) is 23.0 Å². The van der Waals surface area contributed by atoms with Crippen molar-refractivity contribution in [3.8, 4) is 34.1 Å². The fourth-order valence-electron chi connectivity index (χ4n) is 4.85. The number of nitrogens with zero attached hydrogens (tertiary/aromatic N) is 1. The van der Waals surface area contributed by atoms with E-state index in [1.165, 1.54) is 27.4 Å². The van der Waals surface area contributed by atoms with E-state index in [0.717, 1.165) is 31.5 Å². The van der Waals surface area contributed by atoms with Crippen molar-refractivity contribution in [3.05, 3.63) is 44.6 Å². The summed E-state index contributed by atoms with van der Waals surface area (Å²) in [7, 11) is 6.04. The summed E-state index contributed by atoms with van der Waals surface area (Å²) in [5.74, 6) is 1.39. The molecule has 0 aromatic heterocycles. The van der Waals surface area contributed by atoms with E-state index in [1.807, 2.05) is 0 Å². The van der Waals surface area contributed by atoms with Crippen LogP contribution >= 0.6 is 11.6 Å². The van der Waals surface area contributed by atoms with Gasteiger partial charge in [0.25, 0.3) is 0 Å². The molecular formula is C25H29ClN2O6. The molecule has 0 bridgehead atoms. The van der Waals surface area contributed by atoms with E-state index in [9.17, 15) is 9.59 Å². The fourth-order valence-corrected chi connectivity index (χ4v) is 5.20. The molecule has 2 aromatic carbocycles. The minimum absolute atomic E-state index is 0.140. The number of likely N-dealkylation sites (tertiary alicyclic amines) is 1. The zero-order chi connectivity index (χ0) is 24.4. The van der Waals surface area contributed by atoms with Crippen LogP contribution in [0.15, 0.2) is 23.0 Å². The number of ether oxygens (including phenoxy) is 4. The zero-order valence-electron chi connectivity index (χ0n) is 19.8. The number of nitrogens with one attached hydrogen (secondary N) is 1. The minimum Gasteiger partial charge on any atom is -0.493 e. The van der Waals surface area contributed by atoms with Crippen molar-refractivity contribution in [2.24, 2.45) is 0 Å². The van der Waals surface area contributed by atoms with Crippen molar-refractivity contribution in [1.82, 2.24) is 10.2 Å². The van der Waals surface area contributed by atoms with Gasteiger partial charge in [0, 0.05) is 18.7 Å². The topological polar surface area (TPSA) is 86.3 Å². The van der Waals surface area contributed by atoms with Gasteiger partial charge in [0.2, 0.25) is 11.2 Å². The molecule has 182 valence electrons. The van der Waals surface area contributed by atoms with E-state index in [1.54, 1.807) is 24.1 Å². The molecule has 0 unspecified atom stereocenters. The molecule has 0 spiro atoms. The summed E-state index contributed by atoms with van der Waals surface area (Å²) in [6.07, 6.45) is 3.04. The van der Waals surface area contributed by atoms with Crippen LogP contribution in [0.3, 0.4) is 0 Å². The minimum atomic E-state index is -0.418. The summed E-state index contributed by atoms with van der Waals surface area (Å²) in [5.41, 5.74) is 2.60. The Labute approximate surface area is 203 Å². The number of urea groups is 1. The van der Waals surface area contributed by atoms with Crippen LogP contribution in [0.4, 0.5) is 4.79 Å². The molecule has 2 amide bonds. The third-order valence-corrected chi connectivity index (χ3v) is 6.90. The van der Waals surface area contributed by atoms with Gasteiger partial charge in [-0.05, 0) is 54.5 Å². The van der Waals surface area contributed by atoms with E-state index < -0.39 is 6.04 Å². The van der Waals surface area contributed by atoms with Crippen LogP contribution in [0.1, 0.15) is 36.4 Å². The van der Waals surface area contributed by atoms with E-state index >= 15 is 0 Å². The highest BCUT2D eigenvalue weighted by atomic mass is 35.5. The molecule has 8 nitrogen and oxygen atoms in total. The Morgan fingerprint density at radius 1 is 1.00 bits per heavy atom. The molecule has 4 rings (SSSR count). The number of amides is 2. The maximum Gasteiger partial charge on any atom is 0.317 e.